The minimum absolute atomic E-state index is 0.531. The molecule has 0 saturated heterocycles. The average molecular weight is 428 g/mol. The van der Waals surface area contributed by atoms with Gasteiger partial charge in [-0.2, -0.15) is 0 Å². The Morgan fingerprint density at radius 1 is 0.870 bits per heavy atom. The molecule has 3 nitrogen and oxygen atoms in total. The molecule has 0 aliphatic heterocycles. The van der Waals surface area contributed by atoms with Crippen molar-refractivity contribution in [2.24, 2.45) is 0 Å². The molecule has 0 radical (unpaired) electrons. The van der Waals surface area contributed by atoms with Crippen LogP contribution in [0.2, 0.25) is 13.3 Å². The molecule has 0 saturated carbocycles. The van der Waals surface area contributed by atoms with E-state index in [0.717, 1.165) is 12.8 Å². The van der Waals surface area contributed by atoms with Gasteiger partial charge in [-0.05, 0) is 0 Å². The van der Waals surface area contributed by atoms with Gasteiger partial charge in [-0.15, -0.1) is 0 Å². The summed E-state index contributed by atoms with van der Waals surface area (Å²) < 4.78 is 8.10. The quantitative estimate of drug-likeness (QED) is 0.378. The van der Waals surface area contributed by atoms with E-state index < -0.39 is 18.4 Å². The monoisotopic (exact) mass is 429 g/mol. The summed E-state index contributed by atoms with van der Waals surface area (Å²) >= 11 is -2.37. The third-order valence-electron chi connectivity index (χ3n) is 5.40. The van der Waals surface area contributed by atoms with Crippen LogP contribution in [0.25, 0.3) is 0 Å². The van der Waals surface area contributed by atoms with E-state index in [0.29, 0.717) is 6.04 Å². The van der Waals surface area contributed by atoms with Gasteiger partial charge in [0.1, 0.15) is 0 Å². The van der Waals surface area contributed by atoms with Gasteiger partial charge >= 0.3 is 149 Å². The van der Waals surface area contributed by atoms with Gasteiger partial charge in [0.2, 0.25) is 0 Å². The van der Waals surface area contributed by atoms with Crippen molar-refractivity contribution in [2.45, 2.75) is 105 Å². The number of nitrogens with zero attached hydrogens (tertiary/aromatic N) is 3. The molecule has 0 unspecified atom stereocenters. The van der Waals surface area contributed by atoms with E-state index in [-0.39, 0.29) is 0 Å². The van der Waals surface area contributed by atoms with Crippen molar-refractivity contribution in [1.82, 2.24) is 15.0 Å². The molecular formula is C19H39N3Sn. The molecule has 1 rings (SSSR count). The van der Waals surface area contributed by atoms with Gasteiger partial charge in [0.25, 0.3) is 0 Å². The SMILES string of the molecule is CCC[CH2][Sn]([CH2]CCC)([CH2]CCC)[c]1cn(C(CC)CC)nn1. The number of hydrogen-bond acceptors (Lipinski definition) is 2. The second kappa shape index (κ2) is 11.5. The van der Waals surface area contributed by atoms with Crippen molar-refractivity contribution in [3.8, 4) is 0 Å². The van der Waals surface area contributed by atoms with Crippen LogP contribution in [0.15, 0.2) is 6.20 Å². The second-order valence-corrected chi connectivity index (χ2v) is 20.2. The summed E-state index contributed by atoms with van der Waals surface area (Å²) in [5.74, 6) is 0. The van der Waals surface area contributed by atoms with E-state index in [1.807, 2.05) is 0 Å². The number of aromatic nitrogens is 3. The van der Waals surface area contributed by atoms with Gasteiger partial charge in [0.05, 0.1) is 0 Å². The third kappa shape index (κ3) is 6.06. The fourth-order valence-corrected chi connectivity index (χ4v) is 18.7. The van der Waals surface area contributed by atoms with Gasteiger partial charge < -0.3 is 0 Å². The molecular weight excluding hydrogens is 389 g/mol. The van der Waals surface area contributed by atoms with Gasteiger partial charge in [-0.3, -0.25) is 0 Å². The Bertz CT molecular complexity index is 391. The first-order valence-corrected chi connectivity index (χ1v) is 17.6. The Balaban J connectivity index is 3.08. The standard InChI is InChI=1S/C7H12N3.3C4H9.Sn/c1-3-7(4-2)10-6-5-8-9-10;3*1-3-4-2;/h6-7H,3-4H2,1-2H3;3*1,3-4H2,2H3;. The molecule has 0 N–H and O–H groups in total. The molecule has 0 aliphatic carbocycles. The average Bonchev–Trinajstić information content (AvgIpc) is 3.06. The topological polar surface area (TPSA) is 30.7 Å². The first-order chi connectivity index (χ1) is 11.2. The van der Waals surface area contributed by atoms with E-state index in [1.54, 1.807) is 0 Å². The molecule has 4 heteroatoms. The van der Waals surface area contributed by atoms with Crippen molar-refractivity contribution in [3.63, 3.8) is 0 Å². The van der Waals surface area contributed by atoms with Gasteiger partial charge in [-0.1, -0.05) is 0 Å². The molecule has 0 aromatic carbocycles. The van der Waals surface area contributed by atoms with Crippen molar-refractivity contribution in [3.05, 3.63) is 6.20 Å². The summed E-state index contributed by atoms with van der Waals surface area (Å²) in [6.07, 6.45) is 12.8. The first kappa shape index (κ1) is 21.0. The Hall–Kier alpha value is -0.0613. The van der Waals surface area contributed by atoms with Crippen LogP contribution in [-0.4, -0.2) is 33.4 Å². The van der Waals surface area contributed by atoms with Gasteiger partial charge in [0, 0.05) is 0 Å². The van der Waals surface area contributed by atoms with E-state index in [2.05, 4.69) is 50.7 Å². The summed E-state index contributed by atoms with van der Waals surface area (Å²) in [4.78, 5) is 0. The van der Waals surface area contributed by atoms with Gasteiger partial charge in [0.15, 0.2) is 0 Å². The maximum atomic E-state index is 4.77. The van der Waals surface area contributed by atoms with Crippen molar-refractivity contribution < 1.29 is 0 Å². The van der Waals surface area contributed by atoms with Crippen LogP contribution in [0, 0.1) is 0 Å². The predicted molar refractivity (Wildman–Crippen MR) is 104 cm³/mol. The molecule has 0 spiro atoms. The van der Waals surface area contributed by atoms with Crippen LogP contribution in [0.5, 0.6) is 0 Å². The van der Waals surface area contributed by atoms with Crippen molar-refractivity contribution >= 4 is 22.1 Å². The fourth-order valence-electron chi connectivity index (χ4n) is 3.67. The van der Waals surface area contributed by atoms with E-state index in [1.165, 1.54) is 55.5 Å². The molecule has 1 aromatic heterocycles. The zero-order valence-electron chi connectivity index (χ0n) is 16.3. The Kier molecular flexibility index (Phi) is 10.5. The van der Waals surface area contributed by atoms with Crippen LogP contribution < -0.4 is 3.71 Å². The Morgan fingerprint density at radius 3 is 1.74 bits per heavy atom. The molecule has 134 valence electrons. The number of rotatable bonds is 13. The fraction of sp³-hybridized carbons (Fsp3) is 0.895. The van der Waals surface area contributed by atoms with E-state index in [9.17, 15) is 0 Å². The Morgan fingerprint density at radius 2 is 1.35 bits per heavy atom. The second-order valence-electron chi connectivity index (χ2n) is 7.15. The predicted octanol–water partition coefficient (Wildman–Crippen LogP) is 5.70. The molecule has 0 fully saturated rings. The molecule has 23 heavy (non-hydrogen) atoms. The third-order valence-corrected chi connectivity index (χ3v) is 20.4. The summed E-state index contributed by atoms with van der Waals surface area (Å²) in [6, 6.07) is 0.531. The molecule has 0 bridgehead atoms. The van der Waals surface area contributed by atoms with Crippen LogP contribution in [0.3, 0.4) is 0 Å². The van der Waals surface area contributed by atoms with Crippen molar-refractivity contribution in [1.29, 1.82) is 0 Å². The summed E-state index contributed by atoms with van der Waals surface area (Å²) in [5.41, 5.74) is 0. The molecule has 1 aromatic rings. The Labute approximate surface area is 148 Å². The molecule has 0 amide bonds. The van der Waals surface area contributed by atoms with Crippen molar-refractivity contribution in [2.75, 3.05) is 0 Å². The van der Waals surface area contributed by atoms with E-state index in [4.69, 9.17) is 5.10 Å². The van der Waals surface area contributed by atoms with Crippen LogP contribution in [0.4, 0.5) is 0 Å². The van der Waals surface area contributed by atoms with Crippen LogP contribution >= 0.6 is 0 Å². The van der Waals surface area contributed by atoms with Gasteiger partial charge in [-0.25, -0.2) is 0 Å². The minimum atomic E-state index is -2.37. The normalized spacial score (nSPS) is 12.3. The van der Waals surface area contributed by atoms with Crippen LogP contribution in [0.1, 0.15) is 92.0 Å². The van der Waals surface area contributed by atoms with E-state index >= 15 is 0 Å². The maximum absolute atomic E-state index is 4.77. The summed E-state index contributed by atoms with van der Waals surface area (Å²) in [5, 5.41) is 9.34. The zero-order chi connectivity index (χ0) is 17.1. The number of unbranched alkanes of at least 4 members (excludes halogenated alkanes) is 3. The first-order valence-electron chi connectivity index (χ1n) is 10.1. The van der Waals surface area contributed by atoms with Crippen LogP contribution in [-0.2, 0) is 0 Å². The summed E-state index contributed by atoms with van der Waals surface area (Å²) in [7, 11) is 0. The molecule has 0 atom stereocenters. The zero-order valence-corrected chi connectivity index (χ0v) is 19.1. The molecule has 0 aliphatic rings. The summed E-state index contributed by atoms with van der Waals surface area (Å²) in [6.45, 7) is 11.5. The molecule has 1 heterocycles. The number of hydrogen-bond donors (Lipinski definition) is 0.